The summed E-state index contributed by atoms with van der Waals surface area (Å²) in [7, 11) is 1.57. The number of nitrogens with zero attached hydrogens (tertiary/aromatic N) is 1. The summed E-state index contributed by atoms with van der Waals surface area (Å²) < 4.78 is 11.0. The van der Waals surface area contributed by atoms with Gasteiger partial charge in [-0.3, -0.25) is 9.59 Å². The molecule has 138 valence electrons. The largest absolute Gasteiger partial charge is 0.497 e. The third-order valence-corrected chi connectivity index (χ3v) is 5.19. The first kappa shape index (κ1) is 18.0. The first-order valence-electron chi connectivity index (χ1n) is 8.62. The molecule has 0 radical (unpaired) electrons. The summed E-state index contributed by atoms with van der Waals surface area (Å²) in [6.07, 6.45) is 3.12. The molecule has 0 spiro atoms. The number of likely N-dealkylation sites (tertiary alicyclic amines) is 1. The maximum Gasteiger partial charge on any atom is 0.311 e. The topological polar surface area (TPSA) is 80.0 Å². The highest BCUT2D eigenvalue weighted by Gasteiger charge is 2.43. The Bertz CT molecular complexity index is 868. The SMILES string of the molecule is C=CC[C@]1(C(=O)O)CCCN(C(=O)c2oc3cc(OC)ccc3c2C)C1. The van der Waals surface area contributed by atoms with Crippen LogP contribution in [0, 0.1) is 12.3 Å². The van der Waals surface area contributed by atoms with Gasteiger partial charge in [0.05, 0.1) is 12.5 Å². The Balaban J connectivity index is 1.93. The van der Waals surface area contributed by atoms with Crippen LogP contribution in [0.5, 0.6) is 5.75 Å². The van der Waals surface area contributed by atoms with Crippen LogP contribution in [0.15, 0.2) is 35.3 Å². The standard InChI is InChI=1S/C20H23NO5/c1-4-8-20(19(23)24)9-5-10-21(12-20)18(22)17-13(2)15-7-6-14(25-3)11-16(15)26-17/h4,6-7,11H,1,5,8-10,12H2,2-3H3,(H,23,24)/t20-/m0/s1. The maximum atomic E-state index is 13.0. The molecular weight excluding hydrogens is 334 g/mol. The molecule has 1 amide bonds. The van der Waals surface area contributed by atoms with Gasteiger partial charge in [-0.15, -0.1) is 6.58 Å². The Morgan fingerprint density at radius 2 is 2.23 bits per heavy atom. The molecule has 1 aliphatic rings. The van der Waals surface area contributed by atoms with Crippen LogP contribution in [0.3, 0.4) is 0 Å². The highest BCUT2D eigenvalue weighted by molar-refractivity contribution is 5.99. The average molecular weight is 357 g/mol. The first-order valence-corrected chi connectivity index (χ1v) is 8.62. The number of piperidine rings is 1. The maximum absolute atomic E-state index is 13.0. The van der Waals surface area contributed by atoms with E-state index in [2.05, 4.69) is 6.58 Å². The molecule has 1 saturated heterocycles. The summed E-state index contributed by atoms with van der Waals surface area (Å²) in [5, 5.41) is 10.5. The van der Waals surface area contributed by atoms with E-state index < -0.39 is 11.4 Å². The first-order chi connectivity index (χ1) is 12.4. The van der Waals surface area contributed by atoms with Crippen molar-refractivity contribution in [3.63, 3.8) is 0 Å². The van der Waals surface area contributed by atoms with Gasteiger partial charge in [-0.1, -0.05) is 6.08 Å². The van der Waals surface area contributed by atoms with Crippen molar-refractivity contribution in [2.75, 3.05) is 20.2 Å². The quantitative estimate of drug-likeness (QED) is 0.827. The average Bonchev–Trinajstić information content (AvgIpc) is 2.97. The monoisotopic (exact) mass is 357 g/mol. The number of rotatable bonds is 5. The van der Waals surface area contributed by atoms with Gasteiger partial charge in [0.15, 0.2) is 5.76 Å². The van der Waals surface area contributed by atoms with Gasteiger partial charge in [-0.25, -0.2) is 0 Å². The number of carbonyl (C=O) groups excluding carboxylic acids is 1. The van der Waals surface area contributed by atoms with E-state index >= 15 is 0 Å². The van der Waals surface area contributed by atoms with E-state index in [1.54, 1.807) is 24.2 Å². The Kier molecular flexibility index (Phi) is 4.76. The molecule has 1 aromatic heterocycles. The van der Waals surface area contributed by atoms with Crippen molar-refractivity contribution in [1.29, 1.82) is 0 Å². The number of methoxy groups -OCH3 is 1. The smallest absolute Gasteiger partial charge is 0.311 e. The number of hydrogen-bond acceptors (Lipinski definition) is 4. The molecule has 6 nitrogen and oxygen atoms in total. The second-order valence-electron chi connectivity index (χ2n) is 6.83. The van der Waals surface area contributed by atoms with Gasteiger partial charge < -0.3 is 19.2 Å². The molecule has 2 heterocycles. The summed E-state index contributed by atoms with van der Waals surface area (Å²) in [5.74, 6) is -0.250. The number of aryl methyl sites for hydroxylation is 1. The summed E-state index contributed by atoms with van der Waals surface area (Å²) in [6, 6.07) is 5.42. The van der Waals surface area contributed by atoms with E-state index in [1.165, 1.54) is 0 Å². The fraction of sp³-hybridized carbons (Fsp3) is 0.400. The van der Waals surface area contributed by atoms with Gasteiger partial charge in [-0.05, 0) is 38.3 Å². The minimum absolute atomic E-state index is 0.160. The van der Waals surface area contributed by atoms with Crippen LogP contribution in [-0.2, 0) is 4.79 Å². The minimum Gasteiger partial charge on any atom is -0.497 e. The van der Waals surface area contributed by atoms with Crippen LogP contribution in [-0.4, -0.2) is 42.1 Å². The molecule has 1 N–H and O–H groups in total. The number of aliphatic carboxylic acids is 1. The van der Waals surface area contributed by atoms with E-state index in [9.17, 15) is 14.7 Å². The summed E-state index contributed by atoms with van der Waals surface area (Å²) in [6.45, 7) is 6.19. The van der Waals surface area contributed by atoms with Crippen molar-refractivity contribution in [3.8, 4) is 5.75 Å². The van der Waals surface area contributed by atoms with E-state index in [4.69, 9.17) is 9.15 Å². The lowest BCUT2D eigenvalue weighted by molar-refractivity contribution is -0.151. The zero-order valence-corrected chi connectivity index (χ0v) is 15.1. The second-order valence-corrected chi connectivity index (χ2v) is 6.83. The predicted octanol–water partition coefficient (Wildman–Crippen LogP) is 3.63. The van der Waals surface area contributed by atoms with Crippen LogP contribution < -0.4 is 4.74 Å². The predicted molar refractivity (Wildman–Crippen MR) is 97.5 cm³/mol. The fourth-order valence-electron chi connectivity index (χ4n) is 3.69. The zero-order valence-electron chi connectivity index (χ0n) is 15.1. The van der Waals surface area contributed by atoms with E-state index in [0.29, 0.717) is 37.1 Å². The Morgan fingerprint density at radius 1 is 1.46 bits per heavy atom. The zero-order chi connectivity index (χ0) is 18.9. The Labute approximate surface area is 152 Å². The third-order valence-electron chi connectivity index (χ3n) is 5.19. The number of ether oxygens (including phenoxy) is 1. The summed E-state index contributed by atoms with van der Waals surface area (Å²) in [4.78, 5) is 26.5. The lowest BCUT2D eigenvalue weighted by atomic mass is 9.77. The number of benzene rings is 1. The lowest BCUT2D eigenvalue weighted by Gasteiger charge is -2.39. The molecule has 0 unspecified atom stereocenters. The van der Waals surface area contributed by atoms with Crippen LogP contribution in [0.25, 0.3) is 11.0 Å². The van der Waals surface area contributed by atoms with Crippen LogP contribution in [0.4, 0.5) is 0 Å². The number of hydrogen-bond donors (Lipinski definition) is 1. The third kappa shape index (κ3) is 2.96. The number of carboxylic acid groups (broad SMARTS) is 1. The molecule has 0 saturated carbocycles. The normalized spacial score (nSPS) is 20.2. The number of fused-ring (bicyclic) bond motifs is 1. The van der Waals surface area contributed by atoms with Crippen molar-refractivity contribution in [3.05, 3.63) is 42.2 Å². The van der Waals surface area contributed by atoms with Crippen LogP contribution >= 0.6 is 0 Å². The molecule has 6 heteroatoms. The van der Waals surface area contributed by atoms with Gasteiger partial charge >= 0.3 is 5.97 Å². The van der Waals surface area contributed by atoms with Crippen LogP contribution in [0.2, 0.25) is 0 Å². The molecule has 26 heavy (non-hydrogen) atoms. The number of allylic oxidation sites excluding steroid dienone is 1. The fourth-order valence-corrected chi connectivity index (χ4v) is 3.69. The second kappa shape index (κ2) is 6.86. The highest BCUT2D eigenvalue weighted by Crippen LogP contribution is 2.36. The van der Waals surface area contributed by atoms with Gasteiger partial charge in [-0.2, -0.15) is 0 Å². The molecule has 2 aromatic rings. The van der Waals surface area contributed by atoms with Crippen molar-refractivity contribution in [1.82, 2.24) is 4.90 Å². The van der Waals surface area contributed by atoms with E-state index in [-0.39, 0.29) is 18.2 Å². The molecule has 0 aliphatic carbocycles. The van der Waals surface area contributed by atoms with Crippen molar-refractivity contribution in [2.45, 2.75) is 26.2 Å². The van der Waals surface area contributed by atoms with Gasteiger partial charge in [0.25, 0.3) is 5.91 Å². The molecule has 1 atom stereocenters. The number of carboxylic acids is 1. The van der Waals surface area contributed by atoms with Gasteiger partial charge in [0.2, 0.25) is 0 Å². The van der Waals surface area contributed by atoms with E-state index in [0.717, 1.165) is 10.9 Å². The summed E-state index contributed by atoms with van der Waals surface area (Å²) >= 11 is 0. The molecular formula is C20H23NO5. The molecule has 0 bridgehead atoms. The minimum atomic E-state index is -0.973. The molecule has 3 rings (SSSR count). The van der Waals surface area contributed by atoms with E-state index in [1.807, 2.05) is 19.1 Å². The Morgan fingerprint density at radius 3 is 2.88 bits per heavy atom. The Hall–Kier alpha value is -2.76. The number of carbonyl (C=O) groups is 2. The molecule has 1 fully saturated rings. The highest BCUT2D eigenvalue weighted by atomic mass is 16.5. The van der Waals surface area contributed by atoms with Crippen molar-refractivity contribution < 1.29 is 23.8 Å². The van der Waals surface area contributed by atoms with Gasteiger partial charge in [0, 0.05) is 30.1 Å². The molecule has 1 aliphatic heterocycles. The lowest BCUT2D eigenvalue weighted by Crippen LogP contribution is -2.49. The number of amides is 1. The van der Waals surface area contributed by atoms with Gasteiger partial charge in [0.1, 0.15) is 11.3 Å². The van der Waals surface area contributed by atoms with Crippen molar-refractivity contribution >= 4 is 22.8 Å². The number of furan rings is 1. The van der Waals surface area contributed by atoms with Crippen LogP contribution in [0.1, 0.15) is 35.4 Å². The van der Waals surface area contributed by atoms with Crippen molar-refractivity contribution in [2.24, 2.45) is 5.41 Å². The summed E-state index contributed by atoms with van der Waals surface area (Å²) in [5.41, 5.74) is 0.361. The molecule has 1 aromatic carbocycles.